The Balaban J connectivity index is 1.35. The molecule has 2 amide bonds. The fourth-order valence-corrected chi connectivity index (χ4v) is 3.75. The number of carbonyl (C=O) groups is 2. The monoisotopic (exact) mass is 394 g/mol. The van der Waals surface area contributed by atoms with E-state index < -0.39 is 5.66 Å². The molecule has 29 heavy (non-hydrogen) atoms. The van der Waals surface area contributed by atoms with Crippen LogP contribution >= 0.6 is 0 Å². The fraction of sp³-hybridized carbons (Fsp3) is 0.318. The maximum Gasteiger partial charge on any atom is 0.272 e. The number of rotatable bonds is 4. The Morgan fingerprint density at radius 2 is 1.93 bits per heavy atom. The van der Waals surface area contributed by atoms with Crippen LogP contribution in [0.4, 0.5) is 10.1 Å². The van der Waals surface area contributed by atoms with Gasteiger partial charge in [0.05, 0.1) is 6.54 Å². The Kier molecular flexibility index (Phi) is 5.15. The first-order valence-corrected chi connectivity index (χ1v) is 9.70. The van der Waals surface area contributed by atoms with Crippen molar-refractivity contribution in [2.45, 2.75) is 25.4 Å². The van der Waals surface area contributed by atoms with E-state index in [1.807, 2.05) is 35.2 Å². The van der Waals surface area contributed by atoms with Crippen LogP contribution in [0, 0.1) is 12.7 Å². The molecule has 1 fully saturated rings. The molecule has 0 aromatic heterocycles. The van der Waals surface area contributed by atoms with Crippen LogP contribution in [0.5, 0.6) is 0 Å². The highest BCUT2D eigenvalue weighted by Gasteiger charge is 2.42. The number of carbonyl (C=O) groups excluding carboxylic acids is 2. The lowest BCUT2D eigenvalue weighted by Gasteiger charge is -2.36. The Labute approximate surface area is 168 Å². The Morgan fingerprint density at radius 1 is 1.21 bits per heavy atom. The third kappa shape index (κ3) is 4.19. The second-order valence-corrected chi connectivity index (χ2v) is 7.60. The van der Waals surface area contributed by atoms with Gasteiger partial charge in [-0.2, -0.15) is 0 Å². The Morgan fingerprint density at radius 3 is 2.62 bits per heavy atom. The van der Waals surface area contributed by atoms with Gasteiger partial charge in [-0.1, -0.05) is 36.4 Å². The van der Waals surface area contributed by atoms with Crippen molar-refractivity contribution in [3.05, 3.63) is 65.5 Å². The summed E-state index contributed by atoms with van der Waals surface area (Å²) in [6.07, 6.45) is 1.28. The van der Waals surface area contributed by atoms with Gasteiger partial charge < -0.3 is 10.6 Å². The van der Waals surface area contributed by atoms with Crippen molar-refractivity contribution in [1.29, 1.82) is 0 Å². The van der Waals surface area contributed by atoms with Gasteiger partial charge in [-0.15, -0.1) is 0 Å². The average molecular weight is 394 g/mol. The van der Waals surface area contributed by atoms with E-state index in [4.69, 9.17) is 4.99 Å². The highest BCUT2D eigenvalue weighted by Crippen LogP contribution is 2.28. The summed E-state index contributed by atoms with van der Waals surface area (Å²) in [4.78, 5) is 31.5. The highest BCUT2D eigenvalue weighted by atomic mass is 19.1. The van der Waals surface area contributed by atoms with Gasteiger partial charge in [0, 0.05) is 37.2 Å². The molecule has 1 spiro atoms. The van der Waals surface area contributed by atoms with E-state index in [2.05, 4.69) is 10.6 Å². The summed E-state index contributed by atoms with van der Waals surface area (Å²) in [5.41, 5.74) is 1.69. The van der Waals surface area contributed by atoms with Crippen LogP contribution in [0.1, 0.15) is 24.0 Å². The molecule has 4 rings (SSSR count). The zero-order valence-corrected chi connectivity index (χ0v) is 16.2. The van der Waals surface area contributed by atoms with E-state index in [1.54, 1.807) is 19.1 Å². The third-order valence-corrected chi connectivity index (χ3v) is 5.44. The summed E-state index contributed by atoms with van der Waals surface area (Å²) in [5.74, 6) is -0.677. The van der Waals surface area contributed by atoms with Crippen molar-refractivity contribution in [2.24, 2.45) is 4.99 Å². The zero-order chi connectivity index (χ0) is 20.4. The molecule has 150 valence electrons. The van der Waals surface area contributed by atoms with Gasteiger partial charge in [0.1, 0.15) is 17.2 Å². The number of hydrogen-bond donors (Lipinski definition) is 2. The molecule has 2 aliphatic rings. The summed E-state index contributed by atoms with van der Waals surface area (Å²) in [5, 5.41) is 5.77. The number of nitrogens with zero attached hydrogens (tertiary/aromatic N) is 2. The Bertz CT molecular complexity index is 966. The van der Waals surface area contributed by atoms with Crippen LogP contribution in [0.25, 0.3) is 0 Å². The van der Waals surface area contributed by atoms with Gasteiger partial charge in [-0.3, -0.25) is 19.5 Å². The van der Waals surface area contributed by atoms with E-state index >= 15 is 0 Å². The topological polar surface area (TPSA) is 73.8 Å². The molecule has 2 aromatic rings. The summed E-state index contributed by atoms with van der Waals surface area (Å²) < 4.78 is 13.6. The number of benzene rings is 2. The normalized spacial score (nSPS) is 18.4. The lowest BCUT2D eigenvalue weighted by atomic mass is 9.98. The summed E-state index contributed by atoms with van der Waals surface area (Å²) >= 11 is 0. The standard InChI is InChI=1S/C22H23FN4O2/c1-15-7-8-17(13-18(15)23)24-19(28)14-27-11-9-22(10-12-27)25-20(21(29)26-22)16-5-3-2-4-6-16/h2-8,13H,9-12,14H2,1H3,(H,24,28)(H,26,29). The SMILES string of the molecule is Cc1ccc(NC(=O)CN2CCC3(CC2)N=C(c2ccccc2)C(=O)N3)cc1F. The number of halogens is 1. The minimum atomic E-state index is -0.588. The van der Waals surface area contributed by atoms with Crippen molar-refractivity contribution < 1.29 is 14.0 Å². The molecule has 2 heterocycles. The summed E-state index contributed by atoms with van der Waals surface area (Å²) in [7, 11) is 0. The quantitative estimate of drug-likeness (QED) is 0.837. The molecule has 7 heteroatoms. The number of amides is 2. The molecule has 2 aliphatic heterocycles. The molecule has 0 atom stereocenters. The number of hydrogen-bond acceptors (Lipinski definition) is 4. The summed E-state index contributed by atoms with van der Waals surface area (Å²) in [6, 6.07) is 14.1. The first kappa shape index (κ1) is 19.3. The lowest BCUT2D eigenvalue weighted by Crippen LogP contribution is -2.52. The van der Waals surface area contributed by atoms with Crippen LogP contribution in [0.15, 0.2) is 53.5 Å². The zero-order valence-electron chi connectivity index (χ0n) is 16.2. The average Bonchev–Trinajstić information content (AvgIpc) is 3.03. The van der Waals surface area contributed by atoms with Gasteiger partial charge in [0.2, 0.25) is 5.91 Å². The first-order chi connectivity index (χ1) is 13.9. The van der Waals surface area contributed by atoms with Crippen molar-refractivity contribution >= 4 is 23.2 Å². The van der Waals surface area contributed by atoms with E-state index in [-0.39, 0.29) is 24.2 Å². The minimum Gasteiger partial charge on any atom is -0.326 e. The molecule has 0 saturated carbocycles. The summed E-state index contributed by atoms with van der Waals surface area (Å²) in [6.45, 7) is 3.18. The van der Waals surface area contributed by atoms with Gasteiger partial charge in [0.15, 0.2) is 0 Å². The van der Waals surface area contributed by atoms with Gasteiger partial charge in [0.25, 0.3) is 5.91 Å². The molecule has 0 radical (unpaired) electrons. The predicted molar refractivity (Wildman–Crippen MR) is 109 cm³/mol. The maximum atomic E-state index is 13.6. The molecule has 0 bridgehead atoms. The van der Waals surface area contributed by atoms with Gasteiger partial charge in [-0.05, 0) is 24.6 Å². The van der Waals surface area contributed by atoms with Crippen LogP contribution in [0.2, 0.25) is 0 Å². The number of anilines is 1. The molecule has 6 nitrogen and oxygen atoms in total. The maximum absolute atomic E-state index is 13.6. The number of nitrogens with one attached hydrogen (secondary N) is 2. The van der Waals surface area contributed by atoms with Crippen molar-refractivity contribution in [1.82, 2.24) is 10.2 Å². The number of aryl methyl sites for hydroxylation is 1. The molecule has 2 N–H and O–H groups in total. The molecule has 2 aromatic carbocycles. The van der Waals surface area contributed by atoms with Crippen molar-refractivity contribution in [3.63, 3.8) is 0 Å². The van der Waals surface area contributed by atoms with E-state index in [0.29, 0.717) is 42.9 Å². The first-order valence-electron chi connectivity index (χ1n) is 9.70. The number of aliphatic imine (C=N–C) groups is 1. The van der Waals surface area contributed by atoms with Crippen LogP contribution in [-0.4, -0.2) is 47.7 Å². The fourth-order valence-electron chi connectivity index (χ4n) is 3.75. The van der Waals surface area contributed by atoms with Crippen LogP contribution in [-0.2, 0) is 9.59 Å². The molecular formula is C22H23FN4O2. The minimum absolute atomic E-state index is 0.149. The van der Waals surface area contributed by atoms with E-state index in [0.717, 1.165) is 5.56 Å². The van der Waals surface area contributed by atoms with Crippen LogP contribution < -0.4 is 10.6 Å². The van der Waals surface area contributed by atoms with Crippen molar-refractivity contribution in [3.8, 4) is 0 Å². The molecule has 1 saturated heterocycles. The third-order valence-electron chi connectivity index (χ3n) is 5.44. The number of likely N-dealkylation sites (tertiary alicyclic amines) is 1. The van der Waals surface area contributed by atoms with Gasteiger partial charge >= 0.3 is 0 Å². The smallest absolute Gasteiger partial charge is 0.272 e. The highest BCUT2D eigenvalue weighted by molar-refractivity contribution is 6.46. The number of piperidine rings is 1. The molecular weight excluding hydrogens is 371 g/mol. The molecule has 0 aliphatic carbocycles. The second-order valence-electron chi connectivity index (χ2n) is 7.60. The molecule has 0 unspecified atom stereocenters. The van der Waals surface area contributed by atoms with E-state index in [9.17, 15) is 14.0 Å². The van der Waals surface area contributed by atoms with Gasteiger partial charge in [-0.25, -0.2) is 4.39 Å². The largest absolute Gasteiger partial charge is 0.326 e. The predicted octanol–water partition coefficient (Wildman–Crippen LogP) is 2.48. The van der Waals surface area contributed by atoms with Crippen LogP contribution in [0.3, 0.4) is 0 Å². The van der Waals surface area contributed by atoms with E-state index in [1.165, 1.54) is 6.07 Å². The Hall–Kier alpha value is -3.06. The lowest BCUT2D eigenvalue weighted by molar-refractivity contribution is -0.119. The second kappa shape index (κ2) is 7.75. The van der Waals surface area contributed by atoms with Crippen molar-refractivity contribution in [2.75, 3.05) is 25.0 Å².